The van der Waals surface area contributed by atoms with Gasteiger partial charge >= 0.3 is 0 Å². The summed E-state index contributed by atoms with van der Waals surface area (Å²) in [4.78, 5) is 28.5. The zero-order valence-electron chi connectivity index (χ0n) is 17.2. The van der Waals surface area contributed by atoms with E-state index < -0.39 is 6.10 Å². The fourth-order valence-electron chi connectivity index (χ4n) is 3.45. The molecule has 0 saturated carbocycles. The Hall–Kier alpha value is -2.54. The van der Waals surface area contributed by atoms with E-state index in [9.17, 15) is 9.59 Å². The summed E-state index contributed by atoms with van der Waals surface area (Å²) in [5, 5.41) is 8.09. The number of hydrogen-bond acceptors (Lipinski definition) is 5. The van der Waals surface area contributed by atoms with Gasteiger partial charge in [0.25, 0.3) is 5.91 Å². The van der Waals surface area contributed by atoms with Gasteiger partial charge in [-0.15, -0.1) is 11.3 Å². The van der Waals surface area contributed by atoms with Crippen LogP contribution in [0.5, 0.6) is 5.75 Å². The highest BCUT2D eigenvalue weighted by Gasteiger charge is 2.32. The lowest BCUT2D eigenvalue weighted by molar-refractivity contribution is -0.129. The molecule has 2 aromatic rings. The molecule has 0 bridgehead atoms. The predicted octanol–water partition coefficient (Wildman–Crippen LogP) is 3.50. The third kappa shape index (κ3) is 5.29. The quantitative estimate of drug-likeness (QED) is 0.692. The first kappa shape index (κ1) is 21.2. The Kier molecular flexibility index (Phi) is 7.14. The number of fused-ring (bicyclic) bond motifs is 1. The van der Waals surface area contributed by atoms with E-state index in [-0.39, 0.29) is 30.4 Å². The van der Waals surface area contributed by atoms with Crippen LogP contribution >= 0.6 is 11.3 Å². The van der Waals surface area contributed by atoms with Crippen LogP contribution in [0.15, 0.2) is 41.8 Å². The molecule has 156 valence electrons. The monoisotopic (exact) mass is 415 g/mol. The molecule has 2 N–H and O–H groups in total. The molecule has 1 aliphatic rings. The van der Waals surface area contributed by atoms with Gasteiger partial charge in [-0.2, -0.15) is 0 Å². The molecule has 0 aliphatic carbocycles. The fourth-order valence-corrected chi connectivity index (χ4v) is 4.18. The van der Waals surface area contributed by atoms with Crippen molar-refractivity contribution in [1.29, 1.82) is 0 Å². The SMILES string of the molecule is CCC(CC)NC(=O)C1CN(CC(=O)NC(C)c2cccs2)c2ccccc2O1. The lowest BCUT2D eigenvalue weighted by Crippen LogP contribution is -2.52. The van der Waals surface area contributed by atoms with Crippen LogP contribution in [0.25, 0.3) is 0 Å². The minimum Gasteiger partial charge on any atom is -0.477 e. The van der Waals surface area contributed by atoms with Crippen molar-refractivity contribution >= 4 is 28.8 Å². The van der Waals surface area contributed by atoms with E-state index >= 15 is 0 Å². The van der Waals surface area contributed by atoms with Crippen LogP contribution in [-0.2, 0) is 9.59 Å². The van der Waals surface area contributed by atoms with E-state index in [1.165, 1.54) is 0 Å². The zero-order valence-corrected chi connectivity index (χ0v) is 18.0. The van der Waals surface area contributed by atoms with Gasteiger partial charge in [-0.1, -0.05) is 32.0 Å². The highest BCUT2D eigenvalue weighted by atomic mass is 32.1. The number of para-hydroxylation sites is 2. The molecular weight excluding hydrogens is 386 g/mol. The van der Waals surface area contributed by atoms with E-state index in [0.29, 0.717) is 12.3 Å². The second-order valence-electron chi connectivity index (χ2n) is 7.28. The average Bonchev–Trinajstić information content (AvgIpc) is 3.26. The number of amides is 2. The standard InChI is InChI=1S/C22H29N3O3S/c1-4-16(5-2)24-22(27)19-13-25(17-9-6-7-10-18(17)28-19)14-21(26)23-15(3)20-11-8-12-29-20/h6-12,15-16,19H,4-5,13-14H2,1-3H3,(H,23,26)(H,24,27). The minimum atomic E-state index is -0.645. The maximum absolute atomic E-state index is 12.7. The number of rotatable bonds is 8. The first-order valence-corrected chi connectivity index (χ1v) is 11.0. The molecule has 2 atom stereocenters. The molecule has 0 radical (unpaired) electrons. The molecule has 0 spiro atoms. The first-order chi connectivity index (χ1) is 14.0. The van der Waals surface area contributed by atoms with Gasteiger partial charge in [0.15, 0.2) is 6.10 Å². The Morgan fingerprint density at radius 1 is 1.17 bits per heavy atom. The normalized spacial score (nSPS) is 16.7. The molecule has 6 nitrogen and oxygen atoms in total. The van der Waals surface area contributed by atoms with Gasteiger partial charge in [0, 0.05) is 10.9 Å². The van der Waals surface area contributed by atoms with Gasteiger partial charge in [-0.05, 0) is 43.3 Å². The molecule has 2 amide bonds. The van der Waals surface area contributed by atoms with Crippen molar-refractivity contribution in [3.63, 3.8) is 0 Å². The Balaban J connectivity index is 1.69. The molecule has 1 aromatic carbocycles. The van der Waals surface area contributed by atoms with Crippen molar-refractivity contribution in [2.75, 3.05) is 18.0 Å². The van der Waals surface area contributed by atoms with Crippen LogP contribution < -0.4 is 20.3 Å². The van der Waals surface area contributed by atoms with Crippen molar-refractivity contribution in [3.8, 4) is 5.75 Å². The van der Waals surface area contributed by atoms with E-state index in [1.54, 1.807) is 11.3 Å². The summed E-state index contributed by atoms with van der Waals surface area (Å²) in [7, 11) is 0. The molecule has 2 unspecified atom stereocenters. The lowest BCUT2D eigenvalue weighted by Gasteiger charge is -2.35. The molecule has 1 aliphatic heterocycles. The number of anilines is 1. The summed E-state index contributed by atoms with van der Waals surface area (Å²) >= 11 is 1.62. The Labute approximate surface area is 176 Å². The molecule has 2 heterocycles. The largest absolute Gasteiger partial charge is 0.477 e. The summed E-state index contributed by atoms with van der Waals surface area (Å²) in [6.07, 6.45) is 1.10. The minimum absolute atomic E-state index is 0.0484. The summed E-state index contributed by atoms with van der Waals surface area (Å²) < 4.78 is 5.95. The van der Waals surface area contributed by atoms with Gasteiger partial charge in [0.05, 0.1) is 24.8 Å². The van der Waals surface area contributed by atoms with Crippen molar-refractivity contribution < 1.29 is 14.3 Å². The third-order valence-electron chi connectivity index (χ3n) is 5.17. The van der Waals surface area contributed by atoms with E-state index in [2.05, 4.69) is 24.5 Å². The zero-order chi connectivity index (χ0) is 20.8. The summed E-state index contributed by atoms with van der Waals surface area (Å²) in [6, 6.07) is 11.6. The van der Waals surface area contributed by atoms with Crippen molar-refractivity contribution in [2.45, 2.75) is 51.8 Å². The van der Waals surface area contributed by atoms with Crippen molar-refractivity contribution in [3.05, 3.63) is 46.7 Å². The van der Waals surface area contributed by atoms with Gasteiger partial charge in [0.2, 0.25) is 5.91 Å². The smallest absolute Gasteiger partial charge is 0.263 e. The number of nitrogens with zero attached hydrogens (tertiary/aromatic N) is 1. The van der Waals surface area contributed by atoms with Crippen LogP contribution in [0.1, 0.15) is 44.5 Å². The van der Waals surface area contributed by atoms with E-state index in [0.717, 1.165) is 23.4 Å². The van der Waals surface area contributed by atoms with Gasteiger partial charge < -0.3 is 20.3 Å². The number of nitrogens with one attached hydrogen (secondary N) is 2. The van der Waals surface area contributed by atoms with Crippen LogP contribution in [0.4, 0.5) is 5.69 Å². The average molecular weight is 416 g/mol. The van der Waals surface area contributed by atoms with Crippen LogP contribution in [0.3, 0.4) is 0 Å². The van der Waals surface area contributed by atoms with Crippen LogP contribution in [0.2, 0.25) is 0 Å². The molecule has 3 rings (SSSR count). The highest BCUT2D eigenvalue weighted by molar-refractivity contribution is 7.10. The summed E-state index contributed by atoms with van der Waals surface area (Å²) in [5.74, 6) is 0.412. The highest BCUT2D eigenvalue weighted by Crippen LogP contribution is 2.33. The molecular formula is C22H29N3O3S. The van der Waals surface area contributed by atoms with Crippen molar-refractivity contribution in [2.24, 2.45) is 0 Å². The molecule has 7 heteroatoms. The third-order valence-corrected chi connectivity index (χ3v) is 6.22. The Bertz CT molecular complexity index is 820. The second-order valence-corrected chi connectivity index (χ2v) is 8.26. The van der Waals surface area contributed by atoms with Gasteiger partial charge in [-0.3, -0.25) is 9.59 Å². The predicted molar refractivity (Wildman–Crippen MR) is 116 cm³/mol. The number of ether oxygens (including phenoxy) is 1. The fraction of sp³-hybridized carbons (Fsp3) is 0.455. The maximum Gasteiger partial charge on any atom is 0.263 e. The van der Waals surface area contributed by atoms with E-state index in [1.807, 2.05) is 53.6 Å². The number of thiophene rings is 1. The van der Waals surface area contributed by atoms with Crippen LogP contribution in [0, 0.1) is 0 Å². The van der Waals surface area contributed by atoms with Gasteiger partial charge in [-0.25, -0.2) is 0 Å². The summed E-state index contributed by atoms with van der Waals surface area (Å²) in [6.45, 7) is 6.59. The molecule has 0 saturated heterocycles. The number of hydrogen-bond donors (Lipinski definition) is 2. The number of benzene rings is 1. The summed E-state index contributed by atoms with van der Waals surface area (Å²) in [5.41, 5.74) is 0.831. The molecule has 29 heavy (non-hydrogen) atoms. The van der Waals surface area contributed by atoms with Gasteiger partial charge in [0.1, 0.15) is 5.75 Å². The first-order valence-electron chi connectivity index (χ1n) is 10.2. The number of carbonyl (C=O) groups is 2. The Morgan fingerprint density at radius 2 is 1.93 bits per heavy atom. The Morgan fingerprint density at radius 3 is 2.62 bits per heavy atom. The molecule has 1 aromatic heterocycles. The lowest BCUT2D eigenvalue weighted by atomic mass is 10.1. The van der Waals surface area contributed by atoms with E-state index in [4.69, 9.17) is 4.74 Å². The van der Waals surface area contributed by atoms with Crippen LogP contribution in [-0.4, -0.2) is 37.0 Å². The topological polar surface area (TPSA) is 70.7 Å². The molecule has 0 fully saturated rings. The van der Waals surface area contributed by atoms with Crippen molar-refractivity contribution in [1.82, 2.24) is 10.6 Å². The maximum atomic E-state index is 12.7. The second kappa shape index (κ2) is 9.78. The number of carbonyl (C=O) groups excluding carboxylic acids is 2.